The monoisotopic (exact) mass is 429 g/mol. The molecule has 2 aliphatic heterocycles. The Labute approximate surface area is 173 Å². The molecule has 156 valence electrons. The summed E-state index contributed by atoms with van der Waals surface area (Å²) in [7, 11) is -2.41. The number of imide groups is 1. The van der Waals surface area contributed by atoms with Crippen LogP contribution >= 0.6 is 0 Å². The number of nitrogens with zero attached hydrogens (tertiary/aromatic N) is 1. The minimum Gasteiger partial charge on any atom is -0.497 e. The molecule has 0 bridgehead atoms. The molecule has 9 nitrogen and oxygen atoms in total. The summed E-state index contributed by atoms with van der Waals surface area (Å²) in [4.78, 5) is 36.9. The van der Waals surface area contributed by atoms with Gasteiger partial charge in [-0.1, -0.05) is 6.07 Å². The Hall–Kier alpha value is -3.24. The summed E-state index contributed by atoms with van der Waals surface area (Å²) in [6.07, 6.45) is 0.876. The minimum absolute atomic E-state index is 0.0635. The van der Waals surface area contributed by atoms with Crippen molar-refractivity contribution < 1.29 is 27.5 Å². The van der Waals surface area contributed by atoms with Crippen molar-refractivity contribution in [3.05, 3.63) is 53.6 Å². The van der Waals surface area contributed by atoms with Crippen molar-refractivity contribution in [2.24, 2.45) is 0 Å². The van der Waals surface area contributed by atoms with Gasteiger partial charge in [0.2, 0.25) is 15.9 Å². The zero-order chi connectivity index (χ0) is 21.5. The van der Waals surface area contributed by atoms with E-state index in [2.05, 4.69) is 10.6 Å². The van der Waals surface area contributed by atoms with Gasteiger partial charge in [-0.25, -0.2) is 8.42 Å². The van der Waals surface area contributed by atoms with Crippen LogP contribution in [-0.2, 0) is 14.8 Å². The number of hydrogen-bond donors (Lipinski definition) is 2. The summed E-state index contributed by atoms with van der Waals surface area (Å²) in [5.74, 6) is -1.16. The Bertz CT molecular complexity index is 1140. The number of carbonyl (C=O) groups excluding carboxylic acids is 3. The molecule has 10 heteroatoms. The number of rotatable bonds is 5. The molecule has 0 aliphatic carbocycles. The summed E-state index contributed by atoms with van der Waals surface area (Å²) in [5, 5.41) is 4.81. The van der Waals surface area contributed by atoms with E-state index in [0.717, 1.165) is 0 Å². The fraction of sp³-hybridized carbons (Fsp3) is 0.250. The Kier molecular flexibility index (Phi) is 5.04. The number of ether oxygens (including phenoxy) is 1. The number of nitrogens with one attached hydrogen (secondary N) is 2. The largest absolute Gasteiger partial charge is 0.497 e. The van der Waals surface area contributed by atoms with Gasteiger partial charge >= 0.3 is 0 Å². The third-order valence-electron chi connectivity index (χ3n) is 5.19. The van der Waals surface area contributed by atoms with Crippen molar-refractivity contribution in [2.45, 2.75) is 23.8 Å². The SMILES string of the molecule is COc1ccc(S(=O)(=O)N2CCC[C@@H]2C(=O)Nc2cccc3c2C(=O)NC3=O)cc1. The smallest absolute Gasteiger partial charge is 0.261 e. The normalized spacial score (nSPS) is 18.8. The van der Waals surface area contributed by atoms with Crippen LogP contribution < -0.4 is 15.4 Å². The average molecular weight is 429 g/mol. The third kappa shape index (κ3) is 3.33. The Morgan fingerprint density at radius 3 is 2.57 bits per heavy atom. The molecule has 3 amide bonds. The average Bonchev–Trinajstić information content (AvgIpc) is 3.34. The summed E-state index contributed by atoms with van der Waals surface area (Å²) in [6, 6.07) is 9.57. The van der Waals surface area contributed by atoms with E-state index in [1.54, 1.807) is 18.2 Å². The second-order valence-electron chi connectivity index (χ2n) is 6.95. The fourth-order valence-corrected chi connectivity index (χ4v) is 5.37. The van der Waals surface area contributed by atoms with Gasteiger partial charge in [-0.2, -0.15) is 4.31 Å². The first-order valence-corrected chi connectivity index (χ1v) is 10.7. The number of hydrogen-bond acceptors (Lipinski definition) is 6. The molecule has 2 N–H and O–H groups in total. The lowest BCUT2D eigenvalue weighted by atomic mass is 10.1. The molecular formula is C20H19N3O6S. The number of carbonyl (C=O) groups is 3. The molecule has 1 fully saturated rings. The van der Waals surface area contributed by atoms with Crippen molar-refractivity contribution >= 4 is 33.4 Å². The van der Waals surface area contributed by atoms with E-state index in [1.807, 2.05) is 0 Å². The summed E-state index contributed by atoms with van der Waals surface area (Å²) in [5.41, 5.74) is 0.430. The lowest BCUT2D eigenvalue weighted by molar-refractivity contribution is -0.119. The first-order chi connectivity index (χ1) is 14.3. The van der Waals surface area contributed by atoms with Crippen LogP contribution in [0, 0.1) is 0 Å². The second-order valence-corrected chi connectivity index (χ2v) is 8.84. The molecular weight excluding hydrogens is 410 g/mol. The Morgan fingerprint density at radius 2 is 1.87 bits per heavy atom. The molecule has 2 aliphatic rings. The Balaban J connectivity index is 1.59. The molecule has 2 aromatic carbocycles. The number of fused-ring (bicyclic) bond motifs is 1. The molecule has 2 heterocycles. The van der Waals surface area contributed by atoms with Crippen LogP contribution in [0.25, 0.3) is 0 Å². The first-order valence-electron chi connectivity index (χ1n) is 9.28. The molecule has 30 heavy (non-hydrogen) atoms. The maximum absolute atomic E-state index is 13.1. The summed E-state index contributed by atoms with van der Waals surface area (Å²) < 4.78 is 32.4. The maximum atomic E-state index is 13.1. The quantitative estimate of drug-likeness (QED) is 0.693. The standard InChI is InChI=1S/C20H19N3O6S/c1-29-12-7-9-13(10-8-12)30(27,28)23-11-3-6-16(23)19(25)21-15-5-2-4-14-17(15)20(26)22-18(14)24/h2,4-5,7-10,16H,3,6,11H2,1H3,(H,21,25)(H,22,24,26)/t16-/m1/s1. The lowest BCUT2D eigenvalue weighted by Crippen LogP contribution is -2.43. The predicted molar refractivity (Wildman–Crippen MR) is 107 cm³/mol. The van der Waals surface area contributed by atoms with Crippen LogP contribution in [0.5, 0.6) is 5.75 Å². The van der Waals surface area contributed by atoms with Crippen LogP contribution in [0.2, 0.25) is 0 Å². The molecule has 0 radical (unpaired) electrons. The predicted octanol–water partition coefficient (Wildman–Crippen LogP) is 1.37. The van der Waals surface area contributed by atoms with E-state index in [4.69, 9.17) is 4.74 Å². The van der Waals surface area contributed by atoms with Crippen molar-refractivity contribution in [3.8, 4) is 5.75 Å². The van der Waals surface area contributed by atoms with Gasteiger partial charge in [0, 0.05) is 6.54 Å². The molecule has 2 aromatic rings. The number of benzene rings is 2. The molecule has 0 unspecified atom stereocenters. The van der Waals surface area contributed by atoms with E-state index in [1.165, 1.54) is 35.7 Å². The van der Waals surface area contributed by atoms with Gasteiger partial charge in [0.05, 0.1) is 28.8 Å². The van der Waals surface area contributed by atoms with Crippen LogP contribution in [0.4, 0.5) is 5.69 Å². The lowest BCUT2D eigenvalue weighted by Gasteiger charge is -2.23. The molecule has 0 spiro atoms. The highest BCUT2D eigenvalue weighted by Crippen LogP contribution is 2.29. The van der Waals surface area contributed by atoms with E-state index < -0.39 is 33.8 Å². The van der Waals surface area contributed by atoms with Gasteiger partial charge in [0.15, 0.2) is 0 Å². The van der Waals surface area contributed by atoms with Gasteiger partial charge in [0.1, 0.15) is 11.8 Å². The maximum Gasteiger partial charge on any atom is 0.261 e. The topological polar surface area (TPSA) is 122 Å². The summed E-state index contributed by atoms with van der Waals surface area (Å²) >= 11 is 0. The molecule has 1 atom stereocenters. The minimum atomic E-state index is -3.90. The number of methoxy groups -OCH3 is 1. The van der Waals surface area contributed by atoms with Crippen molar-refractivity contribution in [3.63, 3.8) is 0 Å². The van der Waals surface area contributed by atoms with Crippen LogP contribution in [-0.4, -0.2) is 50.1 Å². The highest BCUT2D eigenvalue weighted by atomic mass is 32.2. The van der Waals surface area contributed by atoms with Gasteiger partial charge in [-0.15, -0.1) is 0 Å². The van der Waals surface area contributed by atoms with Crippen molar-refractivity contribution in [1.82, 2.24) is 9.62 Å². The van der Waals surface area contributed by atoms with Gasteiger partial charge in [0.25, 0.3) is 11.8 Å². The zero-order valence-electron chi connectivity index (χ0n) is 16.0. The fourth-order valence-electron chi connectivity index (χ4n) is 3.71. The van der Waals surface area contributed by atoms with Crippen molar-refractivity contribution in [1.29, 1.82) is 0 Å². The van der Waals surface area contributed by atoms with Crippen LogP contribution in [0.3, 0.4) is 0 Å². The van der Waals surface area contributed by atoms with Crippen LogP contribution in [0.1, 0.15) is 33.6 Å². The highest BCUT2D eigenvalue weighted by Gasteiger charge is 2.40. The van der Waals surface area contributed by atoms with E-state index in [-0.39, 0.29) is 28.3 Å². The number of amides is 3. The Morgan fingerprint density at radius 1 is 1.13 bits per heavy atom. The van der Waals surface area contributed by atoms with E-state index >= 15 is 0 Å². The highest BCUT2D eigenvalue weighted by molar-refractivity contribution is 7.89. The first kappa shape index (κ1) is 20.0. The van der Waals surface area contributed by atoms with E-state index in [0.29, 0.717) is 18.6 Å². The molecule has 0 aromatic heterocycles. The summed E-state index contributed by atoms with van der Waals surface area (Å²) in [6.45, 7) is 0.207. The third-order valence-corrected chi connectivity index (χ3v) is 7.12. The van der Waals surface area contributed by atoms with E-state index in [9.17, 15) is 22.8 Å². The number of anilines is 1. The van der Waals surface area contributed by atoms with Crippen molar-refractivity contribution in [2.75, 3.05) is 19.0 Å². The zero-order valence-corrected chi connectivity index (χ0v) is 16.9. The van der Waals surface area contributed by atoms with Gasteiger partial charge in [-0.05, 0) is 49.2 Å². The van der Waals surface area contributed by atoms with Gasteiger partial charge in [-0.3, -0.25) is 19.7 Å². The molecule has 1 saturated heterocycles. The van der Waals surface area contributed by atoms with Crippen LogP contribution in [0.15, 0.2) is 47.4 Å². The molecule has 4 rings (SSSR count). The van der Waals surface area contributed by atoms with Gasteiger partial charge < -0.3 is 10.1 Å². The number of sulfonamides is 1. The molecule has 0 saturated carbocycles. The second kappa shape index (κ2) is 7.54.